The minimum atomic E-state index is -1.13. The van der Waals surface area contributed by atoms with Crippen molar-refractivity contribution in [1.29, 1.82) is 0 Å². The molecule has 1 rings (SSSR count). The molecule has 0 amide bonds. The summed E-state index contributed by atoms with van der Waals surface area (Å²) in [6, 6.07) is 4.36. The molecule has 0 fully saturated rings. The molecule has 0 spiro atoms. The first-order valence-corrected chi connectivity index (χ1v) is 4.93. The summed E-state index contributed by atoms with van der Waals surface area (Å²) in [6.07, 6.45) is -2.10. The van der Waals surface area contributed by atoms with E-state index in [9.17, 15) is 15.3 Å². The molecule has 0 radical (unpaired) electrons. The van der Waals surface area contributed by atoms with Gasteiger partial charge in [0.2, 0.25) is 0 Å². The van der Waals surface area contributed by atoms with Gasteiger partial charge in [0.15, 0.2) is 0 Å². The molecule has 4 N–H and O–H groups in total. The summed E-state index contributed by atoms with van der Waals surface area (Å²) in [5, 5.41) is 31.8. The van der Waals surface area contributed by atoms with Crippen LogP contribution in [0.2, 0.25) is 5.02 Å². The smallest absolute Gasteiger partial charge is 0.122 e. The first-order chi connectivity index (χ1) is 7.06. The van der Waals surface area contributed by atoms with Crippen LogP contribution in [0.3, 0.4) is 0 Å². The zero-order chi connectivity index (χ0) is 11.4. The van der Waals surface area contributed by atoms with Gasteiger partial charge in [0.1, 0.15) is 11.9 Å². The Hall–Kier alpha value is -0.810. The predicted octanol–water partition coefficient (Wildman–Crippen LogP) is 0.659. The van der Waals surface area contributed by atoms with Gasteiger partial charge in [-0.05, 0) is 19.2 Å². The van der Waals surface area contributed by atoms with Gasteiger partial charge in [-0.25, -0.2) is 0 Å². The van der Waals surface area contributed by atoms with Crippen LogP contribution in [0.5, 0.6) is 5.75 Å². The highest BCUT2D eigenvalue weighted by atomic mass is 35.5. The lowest BCUT2D eigenvalue weighted by Crippen LogP contribution is -2.29. The topological polar surface area (TPSA) is 72.7 Å². The van der Waals surface area contributed by atoms with Crippen LogP contribution in [0.1, 0.15) is 11.7 Å². The fraction of sp³-hybridized carbons (Fsp3) is 0.400. The summed E-state index contributed by atoms with van der Waals surface area (Å²) < 4.78 is 0. The summed E-state index contributed by atoms with van der Waals surface area (Å²) >= 11 is 5.65. The van der Waals surface area contributed by atoms with E-state index < -0.39 is 12.2 Å². The number of hydrogen-bond acceptors (Lipinski definition) is 4. The zero-order valence-electron chi connectivity index (χ0n) is 8.31. The molecule has 84 valence electrons. The van der Waals surface area contributed by atoms with Crippen molar-refractivity contribution in [2.75, 3.05) is 13.6 Å². The minimum absolute atomic E-state index is 0.120. The van der Waals surface area contributed by atoms with Crippen LogP contribution >= 0.6 is 11.6 Å². The lowest BCUT2D eigenvalue weighted by Gasteiger charge is -2.18. The van der Waals surface area contributed by atoms with Crippen LogP contribution < -0.4 is 5.32 Å². The van der Waals surface area contributed by atoms with Gasteiger partial charge in [-0.15, -0.1) is 0 Å². The van der Waals surface area contributed by atoms with Gasteiger partial charge >= 0.3 is 0 Å². The number of aliphatic hydroxyl groups excluding tert-OH is 2. The number of phenolic OH excluding ortho intramolecular Hbond substituents is 1. The number of phenols is 1. The Labute approximate surface area is 93.1 Å². The molecule has 5 heteroatoms. The quantitative estimate of drug-likeness (QED) is 0.614. The number of likely N-dealkylation sites (N-methyl/N-ethyl adjacent to an activating group) is 1. The number of hydrogen-bond donors (Lipinski definition) is 4. The average molecular weight is 232 g/mol. The summed E-state index contributed by atoms with van der Waals surface area (Å²) in [5.74, 6) is -0.120. The molecule has 0 aliphatic carbocycles. The van der Waals surface area contributed by atoms with Gasteiger partial charge in [-0.2, -0.15) is 0 Å². The monoisotopic (exact) mass is 231 g/mol. The van der Waals surface area contributed by atoms with Crippen LogP contribution in [0.4, 0.5) is 0 Å². The zero-order valence-corrected chi connectivity index (χ0v) is 9.07. The van der Waals surface area contributed by atoms with Crippen molar-refractivity contribution < 1.29 is 15.3 Å². The molecular weight excluding hydrogens is 218 g/mol. The maximum atomic E-state index is 9.70. The highest BCUT2D eigenvalue weighted by Gasteiger charge is 2.20. The Morgan fingerprint density at radius 2 is 2.07 bits per heavy atom. The van der Waals surface area contributed by atoms with Crippen molar-refractivity contribution in [3.05, 3.63) is 28.8 Å². The standard InChI is InChI=1S/C10H14ClNO3/c1-12-5-9(14)10(15)7-3-2-6(11)4-8(7)13/h2-4,9-10,12-15H,5H2,1H3. The Morgan fingerprint density at radius 1 is 1.40 bits per heavy atom. The summed E-state index contributed by atoms with van der Waals surface area (Å²) in [7, 11) is 1.66. The second-order valence-electron chi connectivity index (χ2n) is 3.27. The highest BCUT2D eigenvalue weighted by Crippen LogP contribution is 2.28. The van der Waals surface area contributed by atoms with Gasteiger partial charge in [-0.1, -0.05) is 17.7 Å². The van der Waals surface area contributed by atoms with E-state index in [0.717, 1.165) is 0 Å². The predicted molar refractivity (Wildman–Crippen MR) is 58.0 cm³/mol. The summed E-state index contributed by atoms with van der Waals surface area (Å²) in [6.45, 7) is 0.239. The third kappa shape index (κ3) is 3.07. The van der Waals surface area contributed by atoms with E-state index in [1.807, 2.05) is 0 Å². The van der Waals surface area contributed by atoms with Gasteiger partial charge in [0.25, 0.3) is 0 Å². The van der Waals surface area contributed by atoms with E-state index in [-0.39, 0.29) is 17.9 Å². The third-order valence-electron chi connectivity index (χ3n) is 2.09. The van der Waals surface area contributed by atoms with Crippen LogP contribution in [0.15, 0.2) is 18.2 Å². The molecule has 1 aromatic carbocycles. The molecule has 0 heterocycles. The first kappa shape index (κ1) is 12.3. The molecule has 0 aromatic heterocycles. The maximum absolute atomic E-state index is 9.70. The SMILES string of the molecule is CNCC(O)C(O)c1ccc(Cl)cc1O. The summed E-state index contributed by atoms with van der Waals surface area (Å²) in [4.78, 5) is 0. The molecule has 2 unspecified atom stereocenters. The molecule has 0 aliphatic rings. The number of aliphatic hydroxyl groups is 2. The van der Waals surface area contributed by atoms with Gasteiger partial charge in [-0.3, -0.25) is 0 Å². The van der Waals surface area contributed by atoms with E-state index in [2.05, 4.69) is 5.32 Å². The van der Waals surface area contributed by atoms with Crippen LogP contribution in [0, 0.1) is 0 Å². The Bertz CT molecular complexity index is 332. The van der Waals surface area contributed by atoms with E-state index >= 15 is 0 Å². The number of rotatable bonds is 4. The molecule has 15 heavy (non-hydrogen) atoms. The second kappa shape index (κ2) is 5.32. The van der Waals surface area contributed by atoms with Crippen LogP contribution in [-0.2, 0) is 0 Å². The molecule has 0 aliphatic heterocycles. The molecule has 0 bridgehead atoms. The van der Waals surface area contributed by atoms with Crippen LogP contribution in [0.25, 0.3) is 0 Å². The Kier molecular flexibility index (Phi) is 4.35. The average Bonchev–Trinajstić information content (AvgIpc) is 2.17. The number of benzene rings is 1. The first-order valence-electron chi connectivity index (χ1n) is 4.55. The van der Waals surface area contributed by atoms with Gasteiger partial charge in [0.05, 0.1) is 6.10 Å². The van der Waals surface area contributed by atoms with Crippen molar-refractivity contribution in [3.8, 4) is 5.75 Å². The fourth-order valence-electron chi connectivity index (χ4n) is 1.29. The van der Waals surface area contributed by atoms with E-state index in [1.54, 1.807) is 13.1 Å². The largest absolute Gasteiger partial charge is 0.508 e. The normalized spacial score (nSPS) is 14.9. The Morgan fingerprint density at radius 3 is 2.60 bits per heavy atom. The Balaban J connectivity index is 2.86. The van der Waals surface area contributed by atoms with Gasteiger partial charge in [0, 0.05) is 17.1 Å². The second-order valence-corrected chi connectivity index (χ2v) is 3.71. The third-order valence-corrected chi connectivity index (χ3v) is 2.32. The lowest BCUT2D eigenvalue weighted by atomic mass is 10.0. The maximum Gasteiger partial charge on any atom is 0.122 e. The number of aromatic hydroxyl groups is 1. The van der Waals surface area contributed by atoms with Gasteiger partial charge < -0.3 is 20.6 Å². The molecule has 4 nitrogen and oxygen atoms in total. The molecule has 0 saturated heterocycles. The van der Waals surface area contributed by atoms with E-state index in [0.29, 0.717) is 5.02 Å². The highest BCUT2D eigenvalue weighted by molar-refractivity contribution is 6.30. The molecule has 1 aromatic rings. The van der Waals surface area contributed by atoms with Crippen molar-refractivity contribution in [2.24, 2.45) is 0 Å². The van der Waals surface area contributed by atoms with Crippen molar-refractivity contribution in [1.82, 2.24) is 5.32 Å². The van der Waals surface area contributed by atoms with E-state index in [4.69, 9.17) is 11.6 Å². The van der Waals surface area contributed by atoms with Crippen molar-refractivity contribution in [2.45, 2.75) is 12.2 Å². The van der Waals surface area contributed by atoms with Crippen molar-refractivity contribution in [3.63, 3.8) is 0 Å². The molecule has 0 saturated carbocycles. The molecular formula is C10H14ClNO3. The van der Waals surface area contributed by atoms with Crippen LogP contribution in [-0.4, -0.2) is 35.0 Å². The van der Waals surface area contributed by atoms with Crippen molar-refractivity contribution >= 4 is 11.6 Å². The lowest BCUT2D eigenvalue weighted by molar-refractivity contribution is 0.0189. The summed E-state index contributed by atoms with van der Waals surface area (Å²) in [5.41, 5.74) is 0.266. The molecule has 2 atom stereocenters. The fourth-order valence-corrected chi connectivity index (χ4v) is 1.46. The number of nitrogens with one attached hydrogen (secondary N) is 1. The minimum Gasteiger partial charge on any atom is -0.508 e. The van der Waals surface area contributed by atoms with E-state index in [1.165, 1.54) is 12.1 Å². The number of halogens is 1.